The van der Waals surface area contributed by atoms with Crippen LogP contribution in [0.2, 0.25) is 0 Å². The molecule has 0 saturated heterocycles. The maximum Gasteiger partial charge on any atom is 0.322 e. The van der Waals surface area contributed by atoms with Crippen molar-refractivity contribution < 1.29 is 23.8 Å². The van der Waals surface area contributed by atoms with E-state index in [0.29, 0.717) is 16.8 Å². The van der Waals surface area contributed by atoms with Crippen molar-refractivity contribution in [2.75, 3.05) is 0 Å². The van der Waals surface area contributed by atoms with E-state index >= 15 is 0 Å². The highest BCUT2D eigenvalue weighted by Crippen LogP contribution is 2.27. The molecule has 0 aliphatic heterocycles. The molecule has 0 saturated carbocycles. The van der Waals surface area contributed by atoms with Crippen LogP contribution in [0.1, 0.15) is 11.1 Å². The predicted molar refractivity (Wildman–Crippen MR) is 89.7 cm³/mol. The van der Waals surface area contributed by atoms with Gasteiger partial charge >= 0.3 is 10.0 Å². The summed E-state index contributed by atoms with van der Waals surface area (Å²) in [6.07, 6.45) is 1.50. The molecule has 0 spiro atoms. The van der Waals surface area contributed by atoms with Crippen LogP contribution in [0.4, 0.5) is 5.69 Å². The van der Waals surface area contributed by atoms with Crippen molar-refractivity contribution in [2.24, 2.45) is 4.99 Å². The minimum Gasteiger partial charge on any atom is -0.494 e. The third-order valence-electron chi connectivity index (χ3n) is 3.60. The van der Waals surface area contributed by atoms with Crippen molar-refractivity contribution in [2.45, 2.75) is 11.5 Å². The molecule has 3 aromatic rings. The Morgan fingerprint density at radius 2 is 1.88 bits per heavy atom. The summed E-state index contributed by atoms with van der Waals surface area (Å²) in [4.78, 5) is 7.21. The minimum absolute atomic E-state index is 0.0270. The van der Waals surface area contributed by atoms with Gasteiger partial charge in [-0.3, -0.25) is 4.99 Å². The second-order valence-electron chi connectivity index (χ2n) is 5.29. The van der Waals surface area contributed by atoms with E-state index in [1.807, 2.05) is 0 Å². The molecule has 0 amide bonds. The van der Waals surface area contributed by atoms with Gasteiger partial charge in [0.2, 0.25) is 0 Å². The van der Waals surface area contributed by atoms with E-state index < -0.39 is 10.0 Å². The second-order valence-corrected chi connectivity index (χ2v) is 6.99. The summed E-state index contributed by atoms with van der Waals surface area (Å²) in [5, 5.41) is 23.0. The summed E-state index contributed by atoms with van der Waals surface area (Å²) in [6.45, 7) is -0.0827. The molecule has 0 aliphatic rings. The molecule has 0 radical (unpaired) electrons. The number of aliphatic hydroxyl groups excluding tert-OH is 1. The third kappa shape index (κ3) is 3.16. The second kappa shape index (κ2) is 6.08. The number of H-pyrrole nitrogens is 1. The molecule has 0 aliphatic carbocycles. The van der Waals surface area contributed by atoms with Crippen molar-refractivity contribution in [1.29, 1.82) is 0 Å². The number of aromatic hydroxyl groups is 1. The summed E-state index contributed by atoms with van der Waals surface area (Å²) in [5.74, 6) is -0.0270. The molecule has 0 bridgehead atoms. The molecule has 3 rings (SSSR count). The van der Waals surface area contributed by atoms with E-state index in [4.69, 9.17) is 5.11 Å². The Labute approximate surface area is 138 Å². The molecule has 0 atom stereocenters. The van der Waals surface area contributed by atoms with Crippen LogP contribution < -0.4 is 5.14 Å². The number of hydrogen-bond acceptors (Lipinski definition) is 5. The zero-order valence-corrected chi connectivity index (χ0v) is 13.4. The number of fused-ring (bicyclic) bond motifs is 1. The van der Waals surface area contributed by atoms with Crippen LogP contribution in [-0.4, -0.2) is 29.8 Å². The number of aromatic amines is 1. The van der Waals surface area contributed by atoms with Gasteiger partial charge in [0.25, 0.3) is 0 Å². The van der Waals surface area contributed by atoms with Gasteiger partial charge in [-0.05, 0) is 35.9 Å². The highest BCUT2D eigenvalue weighted by atomic mass is 32.2. The van der Waals surface area contributed by atoms with Crippen LogP contribution in [0.15, 0.2) is 52.4 Å². The summed E-state index contributed by atoms with van der Waals surface area (Å²) in [6, 6.07) is 11.3. The van der Waals surface area contributed by atoms with E-state index in [1.54, 1.807) is 30.3 Å². The number of rotatable bonds is 4. The Hall–Kier alpha value is -2.68. The highest BCUT2D eigenvalue weighted by Gasteiger charge is 2.11. The average Bonchev–Trinajstić information content (AvgIpc) is 2.86. The summed E-state index contributed by atoms with van der Waals surface area (Å²) in [5.41, 5.74) is 2.49. The van der Waals surface area contributed by atoms with E-state index in [2.05, 4.69) is 15.1 Å². The number of sulfonamides is 1. The number of aliphatic hydroxyl groups is 1. The fourth-order valence-electron chi connectivity index (χ4n) is 2.36. The van der Waals surface area contributed by atoms with Crippen LogP contribution in [0.5, 0.6) is 5.88 Å². The average molecular weight is 346 g/mol. The number of aliphatic imine (C=N–C) groups is 1. The van der Waals surface area contributed by atoms with Crippen molar-refractivity contribution in [1.82, 2.24) is 4.98 Å². The molecular formula is C16H16N3O4S+. The Morgan fingerprint density at radius 1 is 1.17 bits per heavy atom. The van der Waals surface area contributed by atoms with E-state index in [0.717, 1.165) is 10.9 Å². The van der Waals surface area contributed by atoms with Gasteiger partial charge in [0.1, 0.15) is 4.90 Å². The van der Waals surface area contributed by atoms with Crippen molar-refractivity contribution in [3.05, 3.63) is 53.6 Å². The van der Waals surface area contributed by atoms with Gasteiger partial charge in [-0.25, -0.2) is 5.14 Å². The molecule has 8 heteroatoms. The van der Waals surface area contributed by atoms with Crippen molar-refractivity contribution in [3.63, 3.8) is 0 Å². The zero-order valence-electron chi connectivity index (χ0n) is 12.6. The predicted octanol–water partition coefficient (Wildman–Crippen LogP) is 1.05. The summed E-state index contributed by atoms with van der Waals surface area (Å²) in [7, 11) is -3.49. The maximum absolute atomic E-state index is 11.3. The molecule has 0 fully saturated rings. The number of nitrogens with zero attached hydrogens (tertiary/aromatic N) is 1. The number of nitrogens with one attached hydrogen (secondary N) is 1. The summed E-state index contributed by atoms with van der Waals surface area (Å²) >= 11 is 0. The lowest BCUT2D eigenvalue weighted by Gasteiger charge is -1.98. The molecule has 1 aromatic heterocycles. The third-order valence-corrected chi connectivity index (χ3v) is 4.59. The first-order chi connectivity index (χ1) is 11.4. The molecule has 124 valence electrons. The van der Waals surface area contributed by atoms with Gasteiger partial charge in [-0.2, -0.15) is 8.42 Å². The molecule has 7 nitrogen and oxygen atoms in total. The van der Waals surface area contributed by atoms with Gasteiger partial charge in [0.05, 0.1) is 17.9 Å². The topological polar surface area (TPSA) is 130 Å². The van der Waals surface area contributed by atoms with Crippen LogP contribution in [0.25, 0.3) is 10.9 Å². The lowest BCUT2D eigenvalue weighted by molar-refractivity contribution is -0.164. The first-order valence-electron chi connectivity index (χ1n) is 7.05. The van der Waals surface area contributed by atoms with Crippen LogP contribution in [0.3, 0.4) is 0 Å². The Bertz CT molecular complexity index is 1020. The van der Waals surface area contributed by atoms with Gasteiger partial charge < -0.3 is 15.2 Å². The lowest BCUT2D eigenvalue weighted by Crippen LogP contribution is -2.56. The highest BCUT2D eigenvalue weighted by molar-refractivity contribution is 7.84. The molecule has 1 heterocycles. The first kappa shape index (κ1) is 16.2. The maximum atomic E-state index is 11.3. The largest absolute Gasteiger partial charge is 0.494 e. The van der Waals surface area contributed by atoms with Crippen LogP contribution in [-0.2, 0) is 16.6 Å². The monoisotopic (exact) mass is 346 g/mol. The Kier molecular flexibility index (Phi) is 4.10. The molecular weight excluding hydrogens is 330 g/mol. The quantitative estimate of drug-likeness (QED) is 0.526. The molecule has 0 unspecified atom stereocenters. The molecule has 24 heavy (non-hydrogen) atoms. The number of aromatic nitrogens is 1. The van der Waals surface area contributed by atoms with Gasteiger partial charge in [-0.1, -0.05) is 12.1 Å². The van der Waals surface area contributed by atoms with Gasteiger partial charge in [0.15, 0.2) is 5.88 Å². The Morgan fingerprint density at radius 3 is 2.50 bits per heavy atom. The fraction of sp³-hybridized carbons (Fsp3) is 0.0625. The molecule has 2 aromatic carbocycles. The van der Waals surface area contributed by atoms with Gasteiger partial charge in [0, 0.05) is 17.1 Å². The smallest absolute Gasteiger partial charge is 0.322 e. The normalized spacial score (nSPS) is 12.2. The number of quaternary nitrogens is 1. The van der Waals surface area contributed by atoms with Crippen LogP contribution in [0, 0.1) is 0 Å². The fourth-order valence-corrected chi connectivity index (χ4v) is 2.91. The SMILES string of the molecule is [NH3+]S(=O)(=O)c1ccc(N=Cc2c(O)[nH]c3cc(CO)ccc23)cc1. The number of hydrogen-bond donors (Lipinski definition) is 4. The molecule has 6 N–H and O–H groups in total. The lowest BCUT2D eigenvalue weighted by atomic mass is 10.1. The standard InChI is InChI=1S/C16H15N3O4S/c17-24(22,23)12-4-2-11(3-5-12)18-8-14-13-6-1-10(9-20)7-15(13)19-16(14)21/h1-8,19-21H,9H2,(H2,17,22,23)/p+1. The van der Waals surface area contributed by atoms with E-state index in [-0.39, 0.29) is 17.4 Å². The van der Waals surface area contributed by atoms with Crippen LogP contribution >= 0.6 is 0 Å². The minimum atomic E-state index is -3.49. The van der Waals surface area contributed by atoms with Crippen molar-refractivity contribution >= 4 is 32.8 Å². The first-order valence-corrected chi connectivity index (χ1v) is 8.70. The van der Waals surface area contributed by atoms with Gasteiger partial charge in [-0.15, -0.1) is 0 Å². The van der Waals surface area contributed by atoms with Crippen molar-refractivity contribution in [3.8, 4) is 5.88 Å². The number of benzene rings is 2. The summed E-state index contributed by atoms with van der Waals surface area (Å²) < 4.78 is 22.7. The van der Waals surface area contributed by atoms with E-state index in [1.165, 1.54) is 18.3 Å². The van der Waals surface area contributed by atoms with E-state index in [9.17, 15) is 13.5 Å². The Balaban J connectivity index is 1.94. The zero-order chi connectivity index (χ0) is 17.3.